The summed E-state index contributed by atoms with van der Waals surface area (Å²) >= 11 is 0.676. The van der Waals surface area contributed by atoms with Crippen molar-refractivity contribution in [2.75, 3.05) is 32.8 Å². The third-order valence-corrected chi connectivity index (χ3v) is 8.99. The summed E-state index contributed by atoms with van der Waals surface area (Å²) in [4.78, 5) is 10.8. The van der Waals surface area contributed by atoms with Gasteiger partial charge in [-0.15, -0.1) is 10.2 Å². The fourth-order valence-corrected chi connectivity index (χ4v) is 6.46. The monoisotopic (exact) mass is 570 g/mol. The Morgan fingerprint density at radius 2 is 2.00 bits per heavy atom. The number of morpholine rings is 1. The molecule has 1 aliphatic heterocycles. The molecule has 1 aliphatic carbocycles. The molecule has 0 amide bonds. The molecule has 1 N–H and O–H groups in total. The maximum atomic E-state index is 13.4. The molecule has 0 radical (unpaired) electrons. The van der Waals surface area contributed by atoms with Gasteiger partial charge < -0.3 is 4.74 Å². The van der Waals surface area contributed by atoms with Crippen LogP contribution in [0.5, 0.6) is 0 Å². The number of aromatic nitrogens is 5. The van der Waals surface area contributed by atoms with Crippen molar-refractivity contribution in [3.05, 3.63) is 35.2 Å². The third kappa shape index (κ3) is 4.84. The van der Waals surface area contributed by atoms with Crippen LogP contribution in [0.2, 0.25) is 0 Å². The van der Waals surface area contributed by atoms with Crippen LogP contribution in [-0.2, 0) is 14.8 Å². The van der Waals surface area contributed by atoms with Gasteiger partial charge in [0.2, 0.25) is 15.2 Å². The van der Waals surface area contributed by atoms with Crippen molar-refractivity contribution >= 4 is 43.3 Å². The van der Waals surface area contributed by atoms with E-state index < -0.39 is 27.0 Å². The molecule has 0 unspecified atom stereocenters. The minimum atomic E-state index is -4.06. The molecule has 0 atom stereocenters. The fraction of sp³-hybridized carbons (Fsp3) is 0.375. The maximum absolute atomic E-state index is 13.4. The molecular formula is C24H20F2N8O3S2. The molecule has 6 rings (SSSR count). The van der Waals surface area contributed by atoms with Crippen molar-refractivity contribution < 1.29 is 21.9 Å². The van der Waals surface area contributed by atoms with Gasteiger partial charge in [0.15, 0.2) is 10.7 Å². The van der Waals surface area contributed by atoms with Crippen LogP contribution >= 0.6 is 11.3 Å². The second-order valence-corrected chi connectivity index (χ2v) is 11.8. The molecule has 0 bridgehead atoms. The zero-order valence-electron chi connectivity index (χ0n) is 20.3. The minimum absolute atomic E-state index is 0.0907. The summed E-state index contributed by atoms with van der Waals surface area (Å²) in [5.74, 6) is 6.22. The molecule has 39 heavy (non-hydrogen) atoms. The van der Waals surface area contributed by atoms with Crippen molar-refractivity contribution in [1.29, 1.82) is 5.26 Å². The van der Waals surface area contributed by atoms with Gasteiger partial charge in [0.25, 0.3) is 6.43 Å². The minimum Gasteiger partial charge on any atom is -0.379 e. The second-order valence-electron chi connectivity index (χ2n) is 9.15. The molecule has 1 aromatic carbocycles. The van der Waals surface area contributed by atoms with Gasteiger partial charge in [-0.25, -0.2) is 27.2 Å². The van der Waals surface area contributed by atoms with Gasteiger partial charge in [-0.3, -0.25) is 9.47 Å². The highest BCUT2D eigenvalue weighted by Crippen LogP contribution is 2.38. The molecule has 4 aromatic rings. The first-order valence-electron chi connectivity index (χ1n) is 12.0. The normalized spacial score (nSPS) is 17.3. The zero-order valence-corrected chi connectivity index (χ0v) is 21.9. The van der Waals surface area contributed by atoms with Gasteiger partial charge in [0.05, 0.1) is 41.6 Å². The SMILES string of the molecule is N#CC1(NS(=O)(=O)c2ccc3c4c(C#CCN5CCOCC5)ncnc4n(-c4nnc(C(F)F)s4)c3c2)CC1. The standard InChI is InChI=1S/C24H20F2N8O3S2/c25-20(26)22-30-31-23(38-22)34-18-12-15(39(35,36)32-24(13-27)5-6-24)3-4-16(18)19-17(28-14-29-21(19)34)2-1-7-33-8-10-37-11-9-33/h3-4,12,14,20,32H,5-11H2. The molecule has 11 nitrogen and oxygen atoms in total. The Hall–Kier alpha value is -3.60. The highest BCUT2D eigenvalue weighted by Gasteiger charge is 2.46. The molecule has 2 fully saturated rings. The Kier molecular flexibility index (Phi) is 6.49. The molecule has 2 aliphatic rings. The predicted octanol–water partition coefficient (Wildman–Crippen LogP) is 2.38. The Morgan fingerprint density at radius 3 is 2.69 bits per heavy atom. The number of nitriles is 1. The molecule has 3 aromatic heterocycles. The van der Waals surface area contributed by atoms with Gasteiger partial charge >= 0.3 is 0 Å². The highest BCUT2D eigenvalue weighted by atomic mass is 32.2. The Balaban J connectivity index is 1.51. The van der Waals surface area contributed by atoms with E-state index in [2.05, 4.69) is 41.6 Å². The van der Waals surface area contributed by atoms with Crippen LogP contribution in [-0.4, -0.2) is 76.4 Å². The highest BCUT2D eigenvalue weighted by molar-refractivity contribution is 7.89. The number of rotatable bonds is 6. The lowest BCUT2D eigenvalue weighted by Gasteiger charge is -2.24. The van der Waals surface area contributed by atoms with E-state index in [1.165, 1.54) is 23.0 Å². The lowest BCUT2D eigenvalue weighted by molar-refractivity contribution is 0.0443. The molecular weight excluding hydrogens is 550 g/mol. The molecule has 4 heterocycles. The van der Waals surface area contributed by atoms with E-state index >= 15 is 0 Å². The van der Waals surface area contributed by atoms with E-state index in [-0.39, 0.29) is 10.0 Å². The van der Waals surface area contributed by atoms with Gasteiger partial charge in [0.1, 0.15) is 17.6 Å². The fourth-order valence-electron chi connectivity index (χ4n) is 4.35. The van der Waals surface area contributed by atoms with Crippen LogP contribution < -0.4 is 4.72 Å². The summed E-state index contributed by atoms with van der Waals surface area (Å²) in [7, 11) is -4.06. The van der Waals surface area contributed by atoms with Crippen molar-refractivity contribution in [2.24, 2.45) is 0 Å². The predicted molar refractivity (Wildman–Crippen MR) is 137 cm³/mol. The number of fused-ring (bicyclic) bond motifs is 3. The number of nitrogens with zero attached hydrogens (tertiary/aromatic N) is 7. The van der Waals surface area contributed by atoms with E-state index in [4.69, 9.17) is 4.74 Å². The lowest BCUT2D eigenvalue weighted by atomic mass is 10.1. The summed E-state index contributed by atoms with van der Waals surface area (Å²) in [6, 6.07) is 6.43. The number of ether oxygens (including phenoxy) is 1. The lowest BCUT2D eigenvalue weighted by Crippen LogP contribution is -2.36. The van der Waals surface area contributed by atoms with Gasteiger partial charge in [-0.2, -0.15) is 9.98 Å². The van der Waals surface area contributed by atoms with Crippen molar-refractivity contribution in [2.45, 2.75) is 29.7 Å². The second kappa shape index (κ2) is 9.86. The van der Waals surface area contributed by atoms with E-state index in [0.29, 0.717) is 71.6 Å². The van der Waals surface area contributed by atoms with Crippen LogP contribution in [0.3, 0.4) is 0 Å². The van der Waals surface area contributed by atoms with Crippen LogP contribution in [0.1, 0.15) is 30.0 Å². The molecule has 0 spiro atoms. The summed E-state index contributed by atoms with van der Waals surface area (Å²) < 4.78 is 62.3. The average molecular weight is 571 g/mol. The van der Waals surface area contributed by atoms with Gasteiger partial charge in [0, 0.05) is 18.5 Å². The van der Waals surface area contributed by atoms with Crippen molar-refractivity contribution in [3.8, 4) is 23.0 Å². The molecule has 1 saturated carbocycles. The van der Waals surface area contributed by atoms with Crippen LogP contribution in [0, 0.1) is 23.2 Å². The molecule has 200 valence electrons. The Morgan fingerprint density at radius 1 is 1.21 bits per heavy atom. The number of benzene rings is 1. The van der Waals surface area contributed by atoms with Crippen molar-refractivity contribution in [1.82, 2.24) is 34.4 Å². The molecule has 15 heteroatoms. The average Bonchev–Trinajstić information content (AvgIpc) is 3.37. The number of hydrogen-bond donors (Lipinski definition) is 1. The smallest absolute Gasteiger partial charge is 0.291 e. The van der Waals surface area contributed by atoms with Gasteiger partial charge in [-0.1, -0.05) is 23.3 Å². The van der Waals surface area contributed by atoms with Crippen LogP contribution in [0.4, 0.5) is 8.78 Å². The number of nitrogens with one attached hydrogen (secondary N) is 1. The van der Waals surface area contributed by atoms with Crippen LogP contribution in [0.15, 0.2) is 29.4 Å². The summed E-state index contributed by atoms with van der Waals surface area (Å²) in [5, 5.41) is 17.6. The van der Waals surface area contributed by atoms with E-state index in [1.54, 1.807) is 6.07 Å². The Labute approximate surface area is 225 Å². The number of halogens is 2. The first-order chi connectivity index (χ1) is 18.8. The van der Waals surface area contributed by atoms with E-state index in [1.807, 2.05) is 6.07 Å². The van der Waals surface area contributed by atoms with Gasteiger partial charge in [-0.05, 0) is 30.9 Å². The zero-order chi connectivity index (χ0) is 27.2. The Bertz CT molecular complexity index is 1790. The summed E-state index contributed by atoms with van der Waals surface area (Å²) in [6.07, 6.45) is -0.654. The van der Waals surface area contributed by atoms with E-state index in [9.17, 15) is 22.5 Å². The van der Waals surface area contributed by atoms with Crippen LogP contribution in [0.25, 0.3) is 27.1 Å². The largest absolute Gasteiger partial charge is 0.379 e. The van der Waals surface area contributed by atoms with E-state index in [0.717, 1.165) is 13.1 Å². The number of hydrogen-bond acceptors (Lipinski definition) is 10. The quantitative estimate of drug-likeness (QED) is 0.346. The molecule has 1 saturated heterocycles. The summed E-state index contributed by atoms with van der Waals surface area (Å²) in [5.41, 5.74) is -0.0272. The first-order valence-corrected chi connectivity index (χ1v) is 14.3. The third-order valence-electron chi connectivity index (χ3n) is 6.54. The number of sulfonamides is 1. The first kappa shape index (κ1) is 25.7. The number of alkyl halides is 2. The maximum Gasteiger partial charge on any atom is 0.291 e. The van der Waals surface area contributed by atoms with Crippen molar-refractivity contribution in [3.63, 3.8) is 0 Å². The summed E-state index contributed by atoms with van der Waals surface area (Å²) in [6.45, 7) is 3.34. The topological polar surface area (TPSA) is 139 Å².